The van der Waals surface area contributed by atoms with Gasteiger partial charge in [0, 0.05) is 20.1 Å². The molecule has 1 heterocycles. The molecule has 0 saturated carbocycles. The number of carbonyl (C=O) groups is 1. The van der Waals surface area contributed by atoms with E-state index >= 15 is 0 Å². The van der Waals surface area contributed by atoms with Gasteiger partial charge in [0.15, 0.2) is 11.6 Å². The summed E-state index contributed by atoms with van der Waals surface area (Å²) in [6.45, 7) is 1.79. The molecule has 0 spiro atoms. The van der Waals surface area contributed by atoms with E-state index in [2.05, 4.69) is 5.32 Å². The summed E-state index contributed by atoms with van der Waals surface area (Å²) in [5, 5.41) is 3.06. The topological polar surface area (TPSA) is 41.6 Å². The fraction of sp³-hybridized carbons (Fsp3) is 0.462. The number of halogens is 3. The number of rotatable bonds is 3. The highest BCUT2D eigenvalue weighted by molar-refractivity contribution is 5.85. The first-order valence-electron chi connectivity index (χ1n) is 6.08. The van der Waals surface area contributed by atoms with Crippen molar-refractivity contribution in [3.8, 4) is 0 Å². The lowest BCUT2D eigenvalue weighted by Crippen LogP contribution is -2.51. The molecule has 1 aliphatic heterocycles. The van der Waals surface area contributed by atoms with Gasteiger partial charge in [0.2, 0.25) is 5.91 Å². The number of benzene rings is 1. The summed E-state index contributed by atoms with van der Waals surface area (Å²) in [7, 11) is 1.62. The molecule has 4 nitrogen and oxygen atoms in total. The number of nitrogens with one attached hydrogen (secondary N) is 1. The second kappa shape index (κ2) is 7.52. The smallest absolute Gasteiger partial charge is 0.242 e. The number of morpholine rings is 1. The fourth-order valence-electron chi connectivity index (χ4n) is 1.98. The van der Waals surface area contributed by atoms with Crippen molar-refractivity contribution in [2.75, 3.05) is 26.8 Å². The standard InChI is InChI=1S/C13H16F2N2O2.ClH/c1-17(13(18)12-8-19-5-4-16-12)7-9-2-3-10(14)11(15)6-9;/h2-3,6,12,16H,4-5,7-8H2,1H3;1H. The maximum atomic E-state index is 13.1. The number of carbonyl (C=O) groups excluding carboxylic acids is 1. The Bertz CT molecular complexity index is 468. The van der Waals surface area contributed by atoms with Crippen molar-refractivity contribution in [2.45, 2.75) is 12.6 Å². The molecule has 20 heavy (non-hydrogen) atoms. The molecule has 0 radical (unpaired) electrons. The van der Waals surface area contributed by atoms with Crippen LogP contribution in [-0.2, 0) is 16.1 Å². The molecular formula is C13H17ClF2N2O2. The van der Waals surface area contributed by atoms with Crippen molar-refractivity contribution in [1.29, 1.82) is 0 Å². The molecule has 1 saturated heterocycles. The Morgan fingerprint density at radius 3 is 2.80 bits per heavy atom. The van der Waals surface area contributed by atoms with E-state index in [-0.39, 0.29) is 30.9 Å². The first-order valence-corrected chi connectivity index (χ1v) is 6.08. The van der Waals surface area contributed by atoms with Gasteiger partial charge in [-0.05, 0) is 17.7 Å². The Balaban J connectivity index is 0.00000200. The minimum Gasteiger partial charge on any atom is -0.378 e. The monoisotopic (exact) mass is 306 g/mol. The SMILES string of the molecule is CN(Cc1ccc(F)c(F)c1)C(=O)C1COCCN1.Cl. The predicted octanol–water partition coefficient (Wildman–Crippen LogP) is 1.33. The highest BCUT2D eigenvalue weighted by Crippen LogP contribution is 2.11. The Kier molecular flexibility index (Phi) is 6.32. The third-order valence-electron chi connectivity index (χ3n) is 3.00. The second-order valence-electron chi connectivity index (χ2n) is 4.52. The number of hydrogen-bond donors (Lipinski definition) is 1. The normalized spacial score (nSPS) is 18.2. The lowest BCUT2D eigenvalue weighted by atomic mass is 10.2. The Labute approximate surface area is 122 Å². The molecule has 2 rings (SSSR count). The third-order valence-corrected chi connectivity index (χ3v) is 3.00. The van der Waals surface area contributed by atoms with Crippen LogP contribution in [0.5, 0.6) is 0 Å². The van der Waals surface area contributed by atoms with Crippen molar-refractivity contribution in [3.05, 3.63) is 35.4 Å². The molecule has 112 valence electrons. The number of likely N-dealkylation sites (N-methyl/N-ethyl adjacent to an activating group) is 1. The van der Waals surface area contributed by atoms with Crippen molar-refractivity contribution in [1.82, 2.24) is 10.2 Å². The minimum absolute atomic E-state index is 0. The second-order valence-corrected chi connectivity index (χ2v) is 4.52. The molecule has 1 unspecified atom stereocenters. The number of nitrogens with zero attached hydrogens (tertiary/aromatic N) is 1. The van der Waals surface area contributed by atoms with E-state index < -0.39 is 11.6 Å². The maximum absolute atomic E-state index is 13.1. The summed E-state index contributed by atoms with van der Waals surface area (Å²) in [5.41, 5.74) is 0.548. The van der Waals surface area contributed by atoms with E-state index in [9.17, 15) is 13.6 Å². The van der Waals surface area contributed by atoms with Crippen molar-refractivity contribution >= 4 is 18.3 Å². The van der Waals surface area contributed by atoms with Crippen LogP contribution in [-0.4, -0.2) is 43.7 Å². The lowest BCUT2D eigenvalue weighted by molar-refractivity contribution is -0.135. The summed E-state index contributed by atoms with van der Waals surface area (Å²) in [4.78, 5) is 13.5. The first-order chi connectivity index (χ1) is 9.08. The van der Waals surface area contributed by atoms with E-state index in [1.54, 1.807) is 7.05 Å². The molecule has 1 fully saturated rings. The van der Waals surface area contributed by atoms with Crippen LogP contribution < -0.4 is 5.32 Å². The quantitative estimate of drug-likeness (QED) is 0.916. The van der Waals surface area contributed by atoms with Gasteiger partial charge in [0.1, 0.15) is 6.04 Å². The van der Waals surface area contributed by atoms with Crippen LogP contribution in [0.4, 0.5) is 8.78 Å². The first kappa shape index (κ1) is 16.8. The number of hydrogen-bond acceptors (Lipinski definition) is 3. The molecular weight excluding hydrogens is 290 g/mol. The highest BCUT2D eigenvalue weighted by atomic mass is 35.5. The van der Waals surface area contributed by atoms with E-state index in [0.717, 1.165) is 12.1 Å². The van der Waals surface area contributed by atoms with Crippen LogP contribution in [0.3, 0.4) is 0 Å². The lowest BCUT2D eigenvalue weighted by Gasteiger charge is -2.27. The van der Waals surface area contributed by atoms with Crippen LogP contribution in [0, 0.1) is 11.6 Å². The molecule has 1 atom stereocenters. The molecule has 7 heteroatoms. The van der Waals surface area contributed by atoms with E-state index in [1.165, 1.54) is 11.0 Å². The zero-order valence-corrected chi connectivity index (χ0v) is 11.9. The molecule has 1 aliphatic rings. The van der Waals surface area contributed by atoms with Crippen LogP contribution in [0.2, 0.25) is 0 Å². The van der Waals surface area contributed by atoms with Gasteiger partial charge in [-0.3, -0.25) is 4.79 Å². The zero-order valence-electron chi connectivity index (χ0n) is 11.1. The van der Waals surface area contributed by atoms with Crippen molar-refractivity contribution in [3.63, 3.8) is 0 Å². The van der Waals surface area contributed by atoms with Gasteiger partial charge < -0.3 is 15.0 Å². The summed E-state index contributed by atoms with van der Waals surface area (Å²) in [6.07, 6.45) is 0. The Morgan fingerprint density at radius 1 is 1.45 bits per heavy atom. The van der Waals surface area contributed by atoms with Crippen LogP contribution in [0.25, 0.3) is 0 Å². The Morgan fingerprint density at radius 2 is 2.20 bits per heavy atom. The Hall–Kier alpha value is -1.24. The third kappa shape index (κ3) is 4.13. The van der Waals surface area contributed by atoms with Crippen molar-refractivity contribution < 1.29 is 18.3 Å². The molecule has 0 aromatic heterocycles. The van der Waals surface area contributed by atoms with Gasteiger partial charge in [0.05, 0.1) is 13.2 Å². The van der Waals surface area contributed by atoms with E-state index in [1.807, 2.05) is 0 Å². The zero-order chi connectivity index (χ0) is 13.8. The van der Waals surface area contributed by atoms with E-state index in [0.29, 0.717) is 25.3 Å². The van der Waals surface area contributed by atoms with Gasteiger partial charge in [-0.25, -0.2) is 8.78 Å². The molecule has 1 aromatic rings. The van der Waals surface area contributed by atoms with Gasteiger partial charge in [0.25, 0.3) is 0 Å². The molecule has 0 bridgehead atoms. The van der Waals surface area contributed by atoms with Crippen LogP contribution >= 0.6 is 12.4 Å². The van der Waals surface area contributed by atoms with Gasteiger partial charge in [-0.15, -0.1) is 12.4 Å². The van der Waals surface area contributed by atoms with Gasteiger partial charge in [-0.1, -0.05) is 6.07 Å². The average molecular weight is 307 g/mol. The number of amides is 1. The molecule has 1 amide bonds. The largest absolute Gasteiger partial charge is 0.378 e. The average Bonchev–Trinajstić information content (AvgIpc) is 2.43. The van der Waals surface area contributed by atoms with Crippen molar-refractivity contribution in [2.24, 2.45) is 0 Å². The molecule has 1 N–H and O–H groups in total. The number of ether oxygens (including phenoxy) is 1. The summed E-state index contributed by atoms with van der Waals surface area (Å²) in [5.74, 6) is -1.91. The van der Waals surface area contributed by atoms with Gasteiger partial charge >= 0.3 is 0 Å². The molecule has 1 aromatic carbocycles. The maximum Gasteiger partial charge on any atom is 0.242 e. The summed E-state index contributed by atoms with van der Waals surface area (Å²) >= 11 is 0. The van der Waals surface area contributed by atoms with Crippen LogP contribution in [0.1, 0.15) is 5.56 Å². The predicted molar refractivity (Wildman–Crippen MR) is 72.7 cm³/mol. The van der Waals surface area contributed by atoms with Crippen LogP contribution in [0.15, 0.2) is 18.2 Å². The highest BCUT2D eigenvalue weighted by Gasteiger charge is 2.24. The molecule has 0 aliphatic carbocycles. The summed E-state index contributed by atoms with van der Waals surface area (Å²) < 4.78 is 31.1. The van der Waals surface area contributed by atoms with E-state index in [4.69, 9.17) is 4.74 Å². The summed E-state index contributed by atoms with van der Waals surface area (Å²) in [6, 6.07) is 3.26. The van der Waals surface area contributed by atoms with Gasteiger partial charge in [-0.2, -0.15) is 0 Å². The fourth-order valence-corrected chi connectivity index (χ4v) is 1.98. The minimum atomic E-state index is -0.905.